The Hall–Kier alpha value is -3.02. The zero-order chi connectivity index (χ0) is 19.9. The highest BCUT2D eigenvalue weighted by molar-refractivity contribution is 6.02. The SMILES string of the molecule is COc1ccc(/C=C/C(=O)Nc2ccc(OC)c(OC3CCCC3)c2)cc1F. The molecule has 0 aromatic heterocycles. The predicted molar refractivity (Wildman–Crippen MR) is 106 cm³/mol. The van der Waals surface area contributed by atoms with Gasteiger partial charge >= 0.3 is 0 Å². The normalized spacial score (nSPS) is 14.2. The van der Waals surface area contributed by atoms with Crippen LogP contribution in [0.1, 0.15) is 31.2 Å². The lowest BCUT2D eigenvalue weighted by Gasteiger charge is -2.17. The van der Waals surface area contributed by atoms with Crippen molar-refractivity contribution < 1.29 is 23.4 Å². The van der Waals surface area contributed by atoms with Crippen LogP contribution in [0.25, 0.3) is 6.08 Å². The number of hydrogen-bond donors (Lipinski definition) is 1. The third kappa shape index (κ3) is 5.03. The summed E-state index contributed by atoms with van der Waals surface area (Å²) in [6.45, 7) is 0. The first-order chi connectivity index (χ1) is 13.6. The lowest BCUT2D eigenvalue weighted by Crippen LogP contribution is -2.12. The Morgan fingerprint density at radius 3 is 2.43 bits per heavy atom. The molecule has 2 aromatic rings. The number of halogens is 1. The molecule has 0 atom stereocenters. The molecule has 0 unspecified atom stereocenters. The summed E-state index contributed by atoms with van der Waals surface area (Å²) in [6.07, 6.45) is 7.47. The maximum atomic E-state index is 13.7. The largest absolute Gasteiger partial charge is 0.494 e. The number of hydrogen-bond acceptors (Lipinski definition) is 4. The van der Waals surface area contributed by atoms with Crippen molar-refractivity contribution >= 4 is 17.7 Å². The number of carbonyl (C=O) groups is 1. The zero-order valence-electron chi connectivity index (χ0n) is 16.0. The van der Waals surface area contributed by atoms with E-state index in [9.17, 15) is 9.18 Å². The first-order valence-corrected chi connectivity index (χ1v) is 9.26. The van der Waals surface area contributed by atoms with Crippen molar-refractivity contribution in [2.45, 2.75) is 31.8 Å². The maximum absolute atomic E-state index is 13.7. The molecular weight excluding hydrogens is 361 g/mol. The molecule has 6 heteroatoms. The van der Waals surface area contributed by atoms with Gasteiger partial charge in [0.25, 0.3) is 0 Å². The van der Waals surface area contributed by atoms with Gasteiger partial charge in [-0.25, -0.2) is 4.39 Å². The fourth-order valence-electron chi connectivity index (χ4n) is 3.17. The standard InChI is InChI=1S/C22H24FNO4/c1-26-19-10-7-15(13-18(19)23)8-12-22(25)24-16-9-11-20(27-2)21(14-16)28-17-5-3-4-6-17/h7-14,17H,3-6H2,1-2H3,(H,24,25)/b12-8+. The smallest absolute Gasteiger partial charge is 0.248 e. The molecule has 3 rings (SSSR count). The Labute approximate surface area is 164 Å². The van der Waals surface area contributed by atoms with Crippen LogP contribution in [0, 0.1) is 5.82 Å². The summed E-state index contributed by atoms with van der Waals surface area (Å²) >= 11 is 0. The number of rotatable bonds is 7. The van der Waals surface area contributed by atoms with E-state index in [1.165, 1.54) is 44.2 Å². The summed E-state index contributed by atoms with van der Waals surface area (Å²) in [5, 5.41) is 2.79. The molecule has 0 spiro atoms. The highest BCUT2D eigenvalue weighted by Gasteiger charge is 2.18. The van der Waals surface area contributed by atoms with E-state index in [1.807, 2.05) is 0 Å². The molecule has 2 aromatic carbocycles. The Kier molecular flexibility index (Phi) is 6.53. The van der Waals surface area contributed by atoms with Crippen LogP contribution in [0.5, 0.6) is 17.2 Å². The van der Waals surface area contributed by atoms with Crippen LogP contribution < -0.4 is 19.5 Å². The first kappa shape index (κ1) is 19.7. The fourth-order valence-corrected chi connectivity index (χ4v) is 3.17. The molecule has 5 nitrogen and oxygen atoms in total. The second-order valence-corrected chi connectivity index (χ2v) is 6.61. The van der Waals surface area contributed by atoms with E-state index in [4.69, 9.17) is 14.2 Å². The summed E-state index contributed by atoms with van der Waals surface area (Å²) in [5.74, 6) is 0.610. The molecule has 1 fully saturated rings. The van der Waals surface area contributed by atoms with Crippen LogP contribution in [0.3, 0.4) is 0 Å². The Morgan fingerprint density at radius 1 is 1.04 bits per heavy atom. The zero-order valence-corrected chi connectivity index (χ0v) is 16.0. The summed E-state index contributed by atoms with van der Waals surface area (Å²) in [6, 6.07) is 9.77. The van der Waals surface area contributed by atoms with Crippen molar-refractivity contribution in [2.75, 3.05) is 19.5 Å². The molecule has 0 bridgehead atoms. The van der Waals surface area contributed by atoms with E-state index >= 15 is 0 Å². The van der Waals surface area contributed by atoms with Gasteiger partial charge in [0.1, 0.15) is 0 Å². The number of benzene rings is 2. The van der Waals surface area contributed by atoms with E-state index < -0.39 is 5.82 Å². The van der Waals surface area contributed by atoms with Gasteiger partial charge in [-0.05, 0) is 61.6 Å². The van der Waals surface area contributed by atoms with Crippen molar-refractivity contribution in [3.05, 3.63) is 53.9 Å². The molecule has 0 saturated heterocycles. The second-order valence-electron chi connectivity index (χ2n) is 6.61. The molecular formula is C22H24FNO4. The van der Waals surface area contributed by atoms with Crippen molar-refractivity contribution in [1.82, 2.24) is 0 Å². The average molecular weight is 385 g/mol. The molecule has 0 aliphatic heterocycles. The van der Waals surface area contributed by atoms with Crippen LogP contribution in [-0.2, 0) is 4.79 Å². The van der Waals surface area contributed by atoms with E-state index in [0.717, 1.165) is 12.8 Å². The Balaban J connectivity index is 1.66. The van der Waals surface area contributed by atoms with Crippen molar-refractivity contribution in [3.8, 4) is 17.2 Å². The molecule has 1 saturated carbocycles. The maximum Gasteiger partial charge on any atom is 0.248 e. The second kappa shape index (κ2) is 9.26. The van der Waals surface area contributed by atoms with Gasteiger partial charge in [-0.2, -0.15) is 0 Å². The lowest BCUT2D eigenvalue weighted by molar-refractivity contribution is -0.111. The minimum Gasteiger partial charge on any atom is -0.494 e. The van der Waals surface area contributed by atoms with Crippen LogP contribution in [0.4, 0.5) is 10.1 Å². The third-order valence-electron chi connectivity index (χ3n) is 4.63. The molecule has 28 heavy (non-hydrogen) atoms. The van der Waals surface area contributed by atoms with Gasteiger partial charge in [-0.15, -0.1) is 0 Å². The molecule has 1 aliphatic rings. The summed E-state index contributed by atoms with van der Waals surface area (Å²) in [4.78, 5) is 12.2. The highest BCUT2D eigenvalue weighted by atomic mass is 19.1. The van der Waals surface area contributed by atoms with Crippen molar-refractivity contribution in [1.29, 1.82) is 0 Å². The third-order valence-corrected chi connectivity index (χ3v) is 4.63. The van der Waals surface area contributed by atoms with E-state index in [2.05, 4.69) is 5.32 Å². The molecule has 1 amide bonds. The molecule has 0 radical (unpaired) electrons. The van der Waals surface area contributed by atoms with Gasteiger partial charge in [0, 0.05) is 17.8 Å². The van der Waals surface area contributed by atoms with Crippen LogP contribution in [0.2, 0.25) is 0 Å². The number of anilines is 1. The number of carbonyl (C=O) groups excluding carboxylic acids is 1. The van der Waals surface area contributed by atoms with E-state index in [-0.39, 0.29) is 17.8 Å². The summed E-state index contributed by atoms with van der Waals surface area (Å²) in [5.41, 5.74) is 1.16. The summed E-state index contributed by atoms with van der Waals surface area (Å²) < 4.78 is 30.0. The number of nitrogens with one attached hydrogen (secondary N) is 1. The average Bonchev–Trinajstić information content (AvgIpc) is 3.20. The quantitative estimate of drug-likeness (QED) is 0.695. The van der Waals surface area contributed by atoms with E-state index in [0.29, 0.717) is 22.7 Å². The predicted octanol–water partition coefficient (Wildman–Crippen LogP) is 4.82. The van der Waals surface area contributed by atoms with Crippen LogP contribution in [-0.4, -0.2) is 26.2 Å². The number of amides is 1. The lowest BCUT2D eigenvalue weighted by atomic mass is 10.2. The van der Waals surface area contributed by atoms with Gasteiger partial charge in [-0.1, -0.05) is 6.07 Å². The first-order valence-electron chi connectivity index (χ1n) is 9.26. The highest BCUT2D eigenvalue weighted by Crippen LogP contribution is 2.34. The molecule has 1 N–H and O–H groups in total. The van der Waals surface area contributed by atoms with Gasteiger partial charge in [0.2, 0.25) is 5.91 Å². The molecule has 0 heterocycles. The van der Waals surface area contributed by atoms with Crippen molar-refractivity contribution in [2.24, 2.45) is 0 Å². The van der Waals surface area contributed by atoms with E-state index in [1.54, 1.807) is 31.4 Å². The summed E-state index contributed by atoms with van der Waals surface area (Å²) in [7, 11) is 2.99. The molecule has 148 valence electrons. The van der Waals surface area contributed by atoms with Gasteiger partial charge in [0.15, 0.2) is 23.1 Å². The minimum absolute atomic E-state index is 0.162. The monoisotopic (exact) mass is 385 g/mol. The molecule has 1 aliphatic carbocycles. The number of ether oxygens (including phenoxy) is 3. The van der Waals surface area contributed by atoms with Crippen LogP contribution >= 0.6 is 0 Å². The Morgan fingerprint density at radius 2 is 1.75 bits per heavy atom. The topological polar surface area (TPSA) is 56.8 Å². The fraction of sp³-hybridized carbons (Fsp3) is 0.318. The van der Waals surface area contributed by atoms with Gasteiger partial charge in [-0.3, -0.25) is 4.79 Å². The minimum atomic E-state index is -0.478. The van der Waals surface area contributed by atoms with Crippen LogP contribution in [0.15, 0.2) is 42.5 Å². The van der Waals surface area contributed by atoms with Crippen molar-refractivity contribution in [3.63, 3.8) is 0 Å². The van der Waals surface area contributed by atoms with Gasteiger partial charge in [0.05, 0.1) is 20.3 Å². The van der Waals surface area contributed by atoms with Gasteiger partial charge < -0.3 is 19.5 Å². The Bertz CT molecular complexity index is 860. The number of methoxy groups -OCH3 is 2.